The average Bonchev–Trinajstić information content (AvgIpc) is 3.51. The summed E-state index contributed by atoms with van der Waals surface area (Å²) in [7, 11) is 0. The molecule has 1 fully saturated rings. The Bertz CT molecular complexity index is 1230. The van der Waals surface area contributed by atoms with Gasteiger partial charge in [0, 0.05) is 30.2 Å². The Morgan fingerprint density at radius 2 is 2.03 bits per heavy atom. The molecule has 1 aromatic heterocycles. The van der Waals surface area contributed by atoms with Gasteiger partial charge in [-0.1, -0.05) is 72.7 Å². The predicted octanol–water partition coefficient (Wildman–Crippen LogP) is 5.45. The van der Waals surface area contributed by atoms with Crippen molar-refractivity contribution in [2.24, 2.45) is 5.92 Å². The number of carbonyl (C=O) groups excluding carboxylic acids is 1. The Morgan fingerprint density at radius 3 is 2.72 bits per heavy atom. The third-order valence-corrected chi connectivity index (χ3v) is 7.88. The highest BCUT2D eigenvalue weighted by Gasteiger charge is 2.28. The lowest BCUT2D eigenvalue weighted by atomic mass is 10.1. The molecule has 1 aliphatic rings. The minimum atomic E-state index is -0.713. The molecule has 1 amide bonds. The van der Waals surface area contributed by atoms with E-state index >= 15 is 0 Å². The average molecular weight is 527 g/mol. The second-order valence-electron chi connectivity index (χ2n) is 9.27. The third kappa shape index (κ3) is 6.30. The van der Waals surface area contributed by atoms with Crippen LogP contribution in [0.4, 0.5) is 5.13 Å². The lowest BCUT2D eigenvalue weighted by molar-refractivity contribution is -0.141. The molecule has 2 heterocycles. The number of aliphatic carboxylic acids is 1. The van der Waals surface area contributed by atoms with Crippen molar-refractivity contribution in [3.63, 3.8) is 0 Å². The summed E-state index contributed by atoms with van der Waals surface area (Å²) in [5, 5.41) is 20.0. The quantitative estimate of drug-likeness (QED) is 0.378. The number of carboxylic acid groups (broad SMARTS) is 1. The summed E-state index contributed by atoms with van der Waals surface area (Å²) in [6.07, 6.45) is 2.75. The van der Waals surface area contributed by atoms with E-state index in [0.29, 0.717) is 29.7 Å². The summed E-state index contributed by atoms with van der Waals surface area (Å²) in [6, 6.07) is 13.6. The maximum atomic E-state index is 13.2. The number of benzene rings is 2. The van der Waals surface area contributed by atoms with Crippen molar-refractivity contribution in [1.82, 2.24) is 15.1 Å². The van der Waals surface area contributed by atoms with Gasteiger partial charge in [-0.2, -0.15) is 0 Å². The van der Waals surface area contributed by atoms with E-state index in [4.69, 9.17) is 11.6 Å². The fourth-order valence-electron chi connectivity index (χ4n) is 4.48. The van der Waals surface area contributed by atoms with Crippen LogP contribution in [0.25, 0.3) is 10.6 Å². The molecule has 0 spiro atoms. The molecule has 1 saturated heterocycles. The van der Waals surface area contributed by atoms with Gasteiger partial charge in [0.15, 0.2) is 0 Å². The molecular weight excluding hydrogens is 496 g/mol. The van der Waals surface area contributed by atoms with Crippen molar-refractivity contribution >= 4 is 39.9 Å². The normalized spacial score (nSPS) is 15.8. The molecule has 4 rings (SSSR count). The van der Waals surface area contributed by atoms with E-state index in [-0.39, 0.29) is 18.2 Å². The molecule has 0 radical (unpaired) electrons. The maximum absolute atomic E-state index is 13.2. The van der Waals surface area contributed by atoms with Crippen LogP contribution in [0.1, 0.15) is 42.9 Å². The number of anilines is 1. The number of carboxylic acids is 1. The topological polar surface area (TPSA) is 86.6 Å². The maximum Gasteiger partial charge on any atom is 0.307 e. The second-order valence-corrected chi connectivity index (χ2v) is 10.6. The van der Waals surface area contributed by atoms with E-state index in [0.717, 1.165) is 53.2 Å². The van der Waals surface area contributed by atoms with Crippen molar-refractivity contribution in [3.8, 4) is 10.6 Å². The lowest BCUT2D eigenvalue weighted by Crippen LogP contribution is -2.33. The van der Waals surface area contributed by atoms with Crippen LogP contribution < -0.4 is 4.90 Å². The number of nitrogens with zero attached hydrogens (tertiary/aromatic N) is 4. The minimum absolute atomic E-state index is 0.0448. The Kier molecular flexibility index (Phi) is 8.72. The Hall–Kier alpha value is -2.81. The van der Waals surface area contributed by atoms with Crippen molar-refractivity contribution in [2.45, 2.75) is 46.1 Å². The van der Waals surface area contributed by atoms with E-state index in [2.05, 4.69) is 34.2 Å². The molecule has 1 unspecified atom stereocenters. The van der Waals surface area contributed by atoms with E-state index in [1.54, 1.807) is 11.0 Å². The number of hydrogen-bond acceptors (Lipinski definition) is 6. The number of carbonyl (C=O) groups is 2. The first-order valence-corrected chi connectivity index (χ1v) is 13.5. The second kappa shape index (κ2) is 12.0. The summed E-state index contributed by atoms with van der Waals surface area (Å²) in [5.41, 5.74) is 4.01. The summed E-state index contributed by atoms with van der Waals surface area (Å²) in [4.78, 5) is 28.4. The number of amides is 1. The van der Waals surface area contributed by atoms with Crippen molar-refractivity contribution in [1.29, 1.82) is 0 Å². The number of aryl methyl sites for hydroxylation is 1. The molecule has 0 saturated carbocycles. The van der Waals surface area contributed by atoms with E-state index in [1.807, 2.05) is 31.2 Å². The number of hydrogen-bond donors (Lipinski definition) is 1. The minimum Gasteiger partial charge on any atom is -0.481 e. The van der Waals surface area contributed by atoms with Crippen molar-refractivity contribution in [2.75, 3.05) is 24.5 Å². The Morgan fingerprint density at radius 1 is 1.22 bits per heavy atom. The molecular formula is C27H31ClN4O3S. The molecule has 1 aliphatic heterocycles. The molecule has 1 N–H and O–H groups in total. The standard InChI is InChI=1S/C27H31ClN4O3S/c1-3-4-12-32(24(33)15-20-7-5-6-8-23(20)28)27-30-29-25(36-27)22-10-9-19(14-18(22)2)16-31-13-11-21(17-31)26(34)35/h5-10,14,21H,3-4,11-13,15-17H2,1-2H3,(H,34,35). The van der Waals surface area contributed by atoms with E-state index in [9.17, 15) is 14.7 Å². The highest BCUT2D eigenvalue weighted by Crippen LogP contribution is 2.32. The van der Waals surface area contributed by atoms with Gasteiger partial charge in [0.25, 0.3) is 0 Å². The summed E-state index contributed by atoms with van der Waals surface area (Å²) in [6.45, 7) is 6.84. The molecule has 36 heavy (non-hydrogen) atoms. The monoisotopic (exact) mass is 526 g/mol. The van der Waals surface area contributed by atoms with Crippen LogP contribution in [0.3, 0.4) is 0 Å². The molecule has 0 bridgehead atoms. The largest absolute Gasteiger partial charge is 0.481 e. The first-order valence-electron chi connectivity index (χ1n) is 12.3. The molecule has 1 atom stereocenters. The van der Waals surface area contributed by atoms with Crippen LogP contribution in [0.2, 0.25) is 5.02 Å². The van der Waals surface area contributed by atoms with Crippen LogP contribution in [0.5, 0.6) is 0 Å². The lowest BCUT2D eigenvalue weighted by Gasteiger charge is -2.19. The fourth-order valence-corrected chi connectivity index (χ4v) is 5.66. The van der Waals surface area contributed by atoms with Gasteiger partial charge in [-0.15, -0.1) is 10.2 Å². The van der Waals surface area contributed by atoms with Gasteiger partial charge in [-0.25, -0.2) is 0 Å². The molecule has 2 aromatic carbocycles. The van der Waals surface area contributed by atoms with Crippen LogP contribution >= 0.6 is 22.9 Å². The molecule has 0 aliphatic carbocycles. The number of aromatic nitrogens is 2. The highest BCUT2D eigenvalue weighted by atomic mass is 35.5. The van der Waals surface area contributed by atoms with Crippen LogP contribution in [-0.2, 0) is 22.6 Å². The van der Waals surface area contributed by atoms with Gasteiger partial charge in [0.05, 0.1) is 12.3 Å². The Labute approximate surface area is 220 Å². The SMILES string of the molecule is CCCCN(C(=O)Cc1ccccc1Cl)c1nnc(-c2ccc(CN3CCC(C(=O)O)C3)cc2C)s1. The zero-order valence-electron chi connectivity index (χ0n) is 20.6. The van der Waals surface area contributed by atoms with Gasteiger partial charge in [-0.3, -0.25) is 19.4 Å². The molecule has 9 heteroatoms. The van der Waals surface area contributed by atoms with Crippen molar-refractivity contribution < 1.29 is 14.7 Å². The zero-order valence-corrected chi connectivity index (χ0v) is 22.2. The first-order chi connectivity index (χ1) is 17.4. The summed E-state index contributed by atoms with van der Waals surface area (Å²) < 4.78 is 0. The van der Waals surface area contributed by atoms with E-state index in [1.165, 1.54) is 11.3 Å². The first kappa shape index (κ1) is 26.3. The van der Waals surface area contributed by atoms with Gasteiger partial charge < -0.3 is 5.11 Å². The zero-order chi connectivity index (χ0) is 25.7. The number of halogens is 1. The highest BCUT2D eigenvalue weighted by molar-refractivity contribution is 7.18. The van der Waals surface area contributed by atoms with Gasteiger partial charge in [0.1, 0.15) is 5.01 Å². The van der Waals surface area contributed by atoms with E-state index < -0.39 is 5.97 Å². The smallest absolute Gasteiger partial charge is 0.307 e. The molecule has 3 aromatic rings. The van der Waals surface area contributed by atoms with Crippen LogP contribution in [0, 0.1) is 12.8 Å². The third-order valence-electron chi connectivity index (χ3n) is 6.53. The van der Waals surface area contributed by atoms with Crippen LogP contribution in [0.15, 0.2) is 42.5 Å². The van der Waals surface area contributed by atoms with Gasteiger partial charge >= 0.3 is 5.97 Å². The summed E-state index contributed by atoms with van der Waals surface area (Å²) in [5.74, 6) is -1.03. The Balaban J connectivity index is 1.48. The summed E-state index contributed by atoms with van der Waals surface area (Å²) >= 11 is 7.71. The molecule has 190 valence electrons. The van der Waals surface area contributed by atoms with Crippen LogP contribution in [-0.4, -0.2) is 51.7 Å². The van der Waals surface area contributed by atoms with Gasteiger partial charge in [-0.05, 0) is 49.1 Å². The molecule has 7 nitrogen and oxygen atoms in total. The number of rotatable bonds is 10. The van der Waals surface area contributed by atoms with Gasteiger partial charge in [0.2, 0.25) is 11.0 Å². The number of unbranched alkanes of at least 4 members (excludes halogenated alkanes) is 1. The number of likely N-dealkylation sites (tertiary alicyclic amines) is 1. The predicted molar refractivity (Wildman–Crippen MR) is 144 cm³/mol. The van der Waals surface area contributed by atoms with Crippen molar-refractivity contribution in [3.05, 3.63) is 64.2 Å². The fraction of sp³-hybridized carbons (Fsp3) is 0.407.